The molecule has 2 aromatic rings. The van der Waals surface area contributed by atoms with Crippen molar-refractivity contribution in [3.63, 3.8) is 0 Å². The van der Waals surface area contributed by atoms with Crippen LogP contribution in [0.25, 0.3) is 0 Å². The van der Waals surface area contributed by atoms with Crippen molar-refractivity contribution in [3.05, 3.63) is 53.9 Å². The number of amides is 2. The molecule has 0 fully saturated rings. The minimum Gasteiger partial charge on any atom is -0.481 e. The molecule has 2 heterocycles. The topological polar surface area (TPSA) is 164 Å². The molecule has 0 aliphatic carbocycles. The normalized spacial score (nSPS) is 13.3. The van der Waals surface area contributed by atoms with Crippen LogP contribution in [0, 0.1) is 0 Å². The van der Waals surface area contributed by atoms with Crippen molar-refractivity contribution in [1.29, 1.82) is 0 Å². The third-order valence-corrected chi connectivity index (χ3v) is 4.64. The van der Waals surface area contributed by atoms with Gasteiger partial charge in [0.15, 0.2) is 5.96 Å². The Kier molecular flexibility index (Phi) is 6.26. The predicted octanol–water partition coefficient (Wildman–Crippen LogP) is 0.598. The van der Waals surface area contributed by atoms with Gasteiger partial charge in [-0.2, -0.15) is 0 Å². The fourth-order valence-electron chi connectivity index (χ4n) is 3.33. The summed E-state index contributed by atoms with van der Waals surface area (Å²) < 4.78 is 0. The molecule has 0 saturated heterocycles. The molecule has 156 valence electrons. The monoisotopic (exact) mass is 410 g/mol. The summed E-state index contributed by atoms with van der Waals surface area (Å²) in [7, 11) is 0. The number of carboxylic acids is 1. The van der Waals surface area contributed by atoms with E-state index < -0.39 is 30.2 Å². The van der Waals surface area contributed by atoms with Gasteiger partial charge in [0, 0.05) is 24.6 Å². The van der Waals surface area contributed by atoms with E-state index in [1.54, 1.807) is 30.5 Å². The number of pyridine rings is 1. The van der Waals surface area contributed by atoms with Crippen molar-refractivity contribution < 1.29 is 19.5 Å². The number of hydrogen-bond acceptors (Lipinski definition) is 5. The van der Waals surface area contributed by atoms with Gasteiger partial charge in [0.25, 0.3) is 0 Å². The predicted molar refractivity (Wildman–Crippen MR) is 110 cm³/mol. The lowest BCUT2D eigenvalue weighted by molar-refractivity contribution is -0.137. The Morgan fingerprint density at radius 3 is 2.73 bits per heavy atom. The zero-order chi connectivity index (χ0) is 21.7. The number of aliphatic imine (C=N–C) groups is 1. The molecule has 10 nitrogen and oxygen atoms in total. The number of nitrogens with one attached hydrogen (secondary N) is 1. The number of aliphatic carboxylic acids is 1. The Bertz CT molecular complexity index is 988. The minimum absolute atomic E-state index is 0.0925. The highest BCUT2D eigenvalue weighted by atomic mass is 16.4. The molecule has 1 aliphatic heterocycles. The van der Waals surface area contributed by atoms with Crippen LogP contribution < -0.4 is 21.7 Å². The van der Waals surface area contributed by atoms with Gasteiger partial charge in [-0.15, -0.1) is 0 Å². The molecule has 0 saturated carbocycles. The van der Waals surface area contributed by atoms with Crippen LogP contribution in [0.2, 0.25) is 0 Å². The van der Waals surface area contributed by atoms with Gasteiger partial charge in [-0.1, -0.05) is 12.1 Å². The molecule has 3 rings (SSSR count). The number of nitrogens with two attached hydrogens (primary N) is 2. The van der Waals surface area contributed by atoms with Crippen molar-refractivity contribution in [3.8, 4) is 0 Å². The Morgan fingerprint density at radius 2 is 2.07 bits per heavy atom. The van der Waals surface area contributed by atoms with Gasteiger partial charge in [-0.3, -0.25) is 19.4 Å². The molecule has 1 atom stereocenters. The van der Waals surface area contributed by atoms with E-state index in [9.17, 15) is 14.4 Å². The molecule has 0 radical (unpaired) electrons. The van der Waals surface area contributed by atoms with Crippen LogP contribution in [0.3, 0.4) is 0 Å². The minimum atomic E-state index is -1.07. The van der Waals surface area contributed by atoms with E-state index in [1.165, 1.54) is 11.1 Å². The highest BCUT2D eigenvalue weighted by molar-refractivity contribution is 6.06. The van der Waals surface area contributed by atoms with Gasteiger partial charge in [0.2, 0.25) is 11.8 Å². The van der Waals surface area contributed by atoms with Gasteiger partial charge >= 0.3 is 5.97 Å². The second-order valence-corrected chi connectivity index (χ2v) is 6.83. The lowest BCUT2D eigenvalue weighted by Crippen LogP contribution is -2.36. The summed E-state index contributed by atoms with van der Waals surface area (Å²) in [4.78, 5) is 45.8. The van der Waals surface area contributed by atoms with Gasteiger partial charge in [0.05, 0.1) is 18.2 Å². The molecule has 1 aromatic carbocycles. The van der Waals surface area contributed by atoms with Crippen LogP contribution in [0.15, 0.2) is 47.7 Å². The maximum atomic E-state index is 12.7. The van der Waals surface area contributed by atoms with E-state index in [0.717, 1.165) is 5.56 Å². The number of benzene rings is 1. The first kappa shape index (κ1) is 20.8. The van der Waals surface area contributed by atoms with Crippen LogP contribution in [-0.2, 0) is 20.8 Å². The number of hydrogen-bond donors (Lipinski definition) is 4. The van der Waals surface area contributed by atoms with Crippen LogP contribution in [0.4, 0.5) is 11.4 Å². The summed E-state index contributed by atoms with van der Waals surface area (Å²) in [6.07, 6.45) is 2.95. The summed E-state index contributed by atoms with van der Waals surface area (Å²) in [5.41, 5.74) is 13.5. The molecule has 0 bridgehead atoms. The zero-order valence-electron chi connectivity index (χ0n) is 16.1. The number of fused-ring (bicyclic) bond motifs is 1. The Balaban J connectivity index is 1.70. The fraction of sp³-hybridized carbons (Fsp3) is 0.250. The molecule has 30 heavy (non-hydrogen) atoms. The Hall–Kier alpha value is -3.95. The number of carbonyl (C=O) groups is 3. The average molecular weight is 410 g/mol. The summed E-state index contributed by atoms with van der Waals surface area (Å²) in [5, 5.41) is 11.8. The number of anilines is 1. The second kappa shape index (κ2) is 9.03. The summed E-state index contributed by atoms with van der Waals surface area (Å²) >= 11 is 0. The van der Waals surface area contributed by atoms with Gasteiger partial charge in [-0.05, 0) is 35.7 Å². The largest absolute Gasteiger partial charge is 0.481 e. The Labute approximate surface area is 172 Å². The van der Waals surface area contributed by atoms with Crippen LogP contribution in [0.1, 0.15) is 30.0 Å². The number of carbonyl (C=O) groups excluding carboxylic acids is 2. The van der Waals surface area contributed by atoms with Crippen molar-refractivity contribution in [2.24, 2.45) is 16.5 Å². The maximum absolute atomic E-state index is 12.7. The first-order valence-corrected chi connectivity index (χ1v) is 9.27. The number of guanidine groups is 1. The maximum Gasteiger partial charge on any atom is 0.305 e. The highest BCUT2D eigenvalue weighted by Gasteiger charge is 2.27. The number of rotatable bonds is 7. The van der Waals surface area contributed by atoms with Gasteiger partial charge < -0.3 is 26.8 Å². The van der Waals surface area contributed by atoms with E-state index in [-0.39, 0.29) is 12.4 Å². The van der Waals surface area contributed by atoms with E-state index in [4.69, 9.17) is 16.6 Å². The van der Waals surface area contributed by atoms with Crippen LogP contribution in [-0.4, -0.2) is 40.4 Å². The SMILES string of the molecule is NC(N)=Nc1ccc2c(c1)N(C(=O)CC(=O)NC(CC(=O)O)c1cccnc1)CC2. The number of nitrogens with zero attached hydrogens (tertiary/aromatic N) is 3. The third-order valence-electron chi connectivity index (χ3n) is 4.64. The summed E-state index contributed by atoms with van der Waals surface area (Å²) in [5.74, 6) is -2.13. The molecule has 2 amide bonds. The van der Waals surface area contributed by atoms with Gasteiger partial charge in [0.1, 0.15) is 6.42 Å². The van der Waals surface area contributed by atoms with E-state index in [0.29, 0.717) is 29.9 Å². The van der Waals surface area contributed by atoms with Crippen LogP contribution >= 0.6 is 0 Å². The first-order valence-electron chi connectivity index (χ1n) is 9.27. The number of carboxylic acid groups (broad SMARTS) is 1. The fourth-order valence-corrected chi connectivity index (χ4v) is 3.33. The number of aromatic nitrogens is 1. The first-order chi connectivity index (χ1) is 14.3. The van der Waals surface area contributed by atoms with E-state index in [2.05, 4.69) is 15.3 Å². The summed E-state index contributed by atoms with van der Waals surface area (Å²) in [6, 6.07) is 7.83. The standard InChI is InChI=1S/C20H22N6O4/c21-20(22)24-14-4-3-12-5-7-26(16(12)8-14)18(28)10-17(27)25-15(9-19(29)30)13-2-1-6-23-11-13/h1-4,6,8,11,15H,5,7,9-10H2,(H,25,27)(H,29,30)(H4,21,22,24). The highest BCUT2D eigenvalue weighted by Crippen LogP contribution is 2.32. The van der Waals surface area contributed by atoms with Crippen LogP contribution in [0.5, 0.6) is 0 Å². The summed E-state index contributed by atoms with van der Waals surface area (Å²) in [6.45, 7) is 0.438. The van der Waals surface area contributed by atoms with Crippen molar-refractivity contribution in [2.45, 2.75) is 25.3 Å². The smallest absolute Gasteiger partial charge is 0.305 e. The third kappa shape index (κ3) is 5.10. The molecule has 6 N–H and O–H groups in total. The molecule has 1 aliphatic rings. The zero-order valence-corrected chi connectivity index (χ0v) is 16.1. The quantitative estimate of drug-likeness (QED) is 0.295. The van der Waals surface area contributed by atoms with Crippen molar-refractivity contribution >= 4 is 35.1 Å². The molecule has 1 unspecified atom stereocenters. The second-order valence-electron chi connectivity index (χ2n) is 6.83. The van der Waals surface area contributed by atoms with E-state index >= 15 is 0 Å². The molecular weight excluding hydrogens is 388 g/mol. The van der Waals surface area contributed by atoms with Gasteiger partial charge in [-0.25, -0.2) is 4.99 Å². The molecular formula is C20H22N6O4. The molecule has 10 heteroatoms. The Morgan fingerprint density at radius 1 is 1.27 bits per heavy atom. The lowest BCUT2D eigenvalue weighted by atomic mass is 10.1. The van der Waals surface area contributed by atoms with Crippen molar-refractivity contribution in [2.75, 3.05) is 11.4 Å². The van der Waals surface area contributed by atoms with Crippen molar-refractivity contribution in [1.82, 2.24) is 10.3 Å². The molecule has 1 aromatic heterocycles. The molecule has 0 spiro atoms. The van der Waals surface area contributed by atoms with E-state index in [1.807, 2.05) is 6.07 Å². The average Bonchev–Trinajstić information content (AvgIpc) is 3.10. The lowest BCUT2D eigenvalue weighted by Gasteiger charge is -2.20.